The Morgan fingerprint density at radius 3 is 2.68 bits per heavy atom. The summed E-state index contributed by atoms with van der Waals surface area (Å²) in [6.07, 6.45) is 6.81. The summed E-state index contributed by atoms with van der Waals surface area (Å²) in [4.78, 5) is 10.6. The third-order valence-electron chi connectivity index (χ3n) is 5.18. The molecule has 10 nitrogen and oxygen atoms in total. The minimum absolute atomic E-state index is 0.151. The molecule has 0 spiro atoms. The first-order chi connectivity index (χ1) is 15.1. The Hall–Kier alpha value is -3.18. The molecule has 0 aliphatic carbocycles. The van der Waals surface area contributed by atoms with E-state index in [1.807, 2.05) is 29.0 Å². The molecule has 2 aromatic heterocycles. The fourth-order valence-corrected chi connectivity index (χ4v) is 5.01. The highest BCUT2D eigenvalue weighted by atomic mass is 32.2. The van der Waals surface area contributed by atoms with Crippen molar-refractivity contribution in [3.05, 3.63) is 66.6 Å². The first-order valence-corrected chi connectivity index (χ1v) is 11.6. The van der Waals surface area contributed by atoms with Crippen LogP contribution in [-0.4, -0.2) is 71.5 Å². The topological polar surface area (TPSA) is 109 Å². The monoisotopic (exact) mass is 443 g/mol. The lowest BCUT2D eigenvalue weighted by atomic mass is 10.1. The SMILES string of the molecule is CN=C(NCc1ccccc1-n1ccnc1)N1CCN(S(=O)(=O)Cc2ccon2)CC1. The Bertz CT molecular complexity index is 1100. The molecule has 1 aliphatic heterocycles. The van der Waals surface area contributed by atoms with E-state index in [9.17, 15) is 8.42 Å². The Balaban J connectivity index is 1.35. The Labute approximate surface area is 181 Å². The van der Waals surface area contributed by atoms with E-state index in [1.165, 1.54) is 10.6 Å². The van der Waals surface area contributed by atoms with Crippen molar-refractivity contribution in [1.82, 2.24) is 29.2 Å². The summed E-state index contributed by atoms with van der Waals surface area (Å²) in [5.74, 6) is 0.593. The second-order valence-corrected chi connectivity index (χ2v) is 9.10. The lowest BCUT2D eigenvalue weighted by Crippen LogP contribution is -2.53. The van der Waals surface area contributed by atoms with E-state index in [0.717, 1.165) is 17.2 Å². The number of guanidine groups is 1. The second kappa shape index (κ2) is 9.31. The molecular formula is C20H25N7O3S. The first-order valence-electron chi connectivity index (χ1n) is 9.96. The van der Waals surface area contributed by atoms with E-state index < -0.39 is 10.0 Å². The number of sulfonamides is 1. The van der Waals surface area contributed by atoms with Gasteiger partial charge in [0, 0.05) is 58.2 Å². The van der Waals surface area contributed by atoms with Crippen LogP contribution in [0.3, 0.4) is 0 Å². The van der Waals surface area contributed by atoms with Gasteiger partial charge in [-0.1, -0.05) is 23.4 Å². The van der Waals surface area contributed by atoms with Crippen molar-refractivity contribution in [2.24, 2.45) is 4.99 Å². The molecule has 1 saturated heterocycles. The zero-order valence-electron chi connectivity index (χ0n) is 17.3. The highest BCUT2D eigenvalue weighted by Gasteiger charge is 2.29. The van der Waals surface area contributed by atoms with Crippen LogP contribution in [0.4, 0.5) is 0 Å². The number of aromatic nitrogens is 3. The van der Waals surface area contributed by atoms with Gasteiger partial charge in [0.25, 0.3) is 0 Å². The van der Waals surface area contributed by atoms with Gasteiger partial charge in [-0.15, -0.1) is 0 Å². The Kier molecular flexibility index (Phi) is 6.33. The summed E-state index contributed by atoms with van der Waals surface area (Å²) in [5, 5.41) is 7.10. The maximum Gasteiger partial charge on any atom is 0.220 e. The summed E-state index contributed by atoms with van der Waals surface area (Å²) in [5.41, 5.74) is 2.57. The molecule has 164 valence electrons. The number of aliphatic imine (C=N–C) groups is 1. The molecule has 0 atom stereocenters. The van der Waals surface area contributed by atoms with Gasteiger partial charge in [0.2, 0.25) is 10.0 Å². The third kappa shape index (κ3) is 4.94. The van der Waals surface area contributed by atoms with Crippen LogP contribution in [0.15, 0.2) is 64.8 Å². The quantitative estimate of drug-likeness (QED) is 0.449. The molecule has 1 N–H and O–H groups in total. The zero-order valence-corrected chi connectivity index (χ0v) is 18.1. The summed E-state index contributed by atoms with van der Waals surface area (Å²) in [7, 11) is -1.70. The highest BCUT2D eigenvalue weighted by Crippen LogP contribution is 2.15. The van der Waals surface area contributed by atoms with Crippen molar-refractivity contribution in [2.45, 2.75) is 12.3 Å². The second-order valence-electron chi connectivity index (χ2n) is 7.13. The lowest BCUT2D eigenvalue weighted by Gasteiger charge is -2.35. The molecule has 11 heteroatoms. The molecule has 4 rings (SSSR count). The van der Waals surface area contributed by atoms with Gasteiger partial charge in [0.15, 0.2) is 5.96 Å². The average Bonchev–Trinajstić information content (AvgIpc) is 3.49. The van der Waals surface area contributed by atoms with Crippen molar-refractivity contribution < 1.29 is 12.9 Å². The average molecular weight is 444 g/mol. The smallest absolute Gasteiger partial charge is 0.220 e. The molecule has 3 aromatic rings. The Morgan fingerprint density at radius 1 is 1.19 bits per heavy atom. The largest absolute Gasteiger partial charge is 0.364 e. The van der Waals surface area contributed by atoms with E-state index in [1.54, 1.807) is 25.6 Å². The standard InChI is InChI=1S/C20H25N7O3S/c1-21-20(23-14-17-4-2-3-5-19(17)26-8-7-22-16-26)25-9-11-27(12-10-25)31(28,29)15-18-6-13-30-24-18/h2-8,13,16H,9-12,14-15H2,1H3,(H,21,23). The van der Waals surface area contributed by atoms with Crippen LogP contribution in [0.2, 0.25) is 0 Å². The fourth-order valence-electron chi connectivity index (χ4n) is 3.59. The van der Waals surface area contributed by atoms with Crippen molar-refractivity contribution >= 4 is 16.0 Å². The fraction of sp³-hybridized carbons (Fsp3) is 0.350. The zero-order chi connectivity index (χ0) is 21.7. The number of rotatable bonds is 6. The van der Waals surface area contributed by atoms with Crippen molar-refractivity contribution in [3.8, 4) is 5.69 Å². The molecule has 0 unspecified atom stereocenters. The van der Waals surface area contributed by atoms with Gasteiger partial charge >= 0.3 is 0 Å². The summed E-state index contributed by atoms with van der Waals surface area (Å²) < 4.78 is 33.5. The number of nitrogens with zero attached hydrogens (tertiary/aromatic N) is 6. The highest BCUT2D eigenvalue weighted by molar-refractivity contribution is 7.88. The van der Waals surface area contributed by atoms with Crippen molar-refractivity contribution in [1.29, 1.82) is 0 Å². The molecule has 1 aromatic carbocycles. The van der Waals surface area contributed by atoms with Gasteiger partial charge < -0.3 is 19.3 Å². The van der Waals surface area contributed by atoms with Crippen LogP contribution in [0.25, 0.3) is 5.69 Å². The van der Waals surface area contributed by atoms with Gasteiger partial charge in [-0.3, -0.25) is 4.99 Å². The molecule has 31 heavy (non-hydrogen) atoms. The number of imidazole rings is 1. The minimum atomic E-state index is -3.43. The minimum Gasteiger partial charge on any atom is -0.364 e. The maximum atomic E-state index is 12.6. The van der Waals surface area contributed by atoms with Crippen LogP contribution in [0.5, 0.6) is 0 Å². The molecular weight excluding hydrogens is 418 g/mol. The van der Waals surface area contributed by atoms with E-state index in [0.29, 0.717) is 38.4 Å². The third-order valence-corrected chi connectivity index (χ3v) is 6.99. The summed E-state index contributed by atoms with van der Waals surface area (Å²) in [6, 6.07) is 9.66. The van der Waals surface area contributed by atoms with E-state index in [-0.39, 0.29) is 5.75 Å². The number of para-hydroxylation sites is 1. The molecule has 0 amide bonds. The van der Waals surface area contributed by atoms with Crippen LogP contribution in [-0.2, 0) is 22.3 Å². The summed E-state index contributed by atoms with van der Waals surface area (Å²) in [6.45, 7) is 2.49. The first kappa shape index (κ1) is 21.1. The lowest BCUT2D eigenvalue weighted by molar-refractivity contribution is 0.259. The maximum absolute atomic E-state index is 12.6. The summed E-state index contributed by atoms with van der Waals surface area (Å²) >= 11 is 0. The number of nitrogens with one attached hydrogen (secondary N) is 1. The molecule has 3 heterocycles. The van der Waals surface area contributed by atoms with Crippen molar-refractivity contribution in [3.63, 3.8) is 0 Å². The molecule has 1 fully saturated rings. The van der Waals surface area contributed by atoms with Crippen molar-refractivity contribution in [2.75, 3.05) is 33.2 Å². The predicted octanol–water partition coefficient (Wildman–Crippen LogP) is 1.08. The van der Waals surface area contributed by atoms with Gasteiger partial charge in [0.05, 0.1) is 17.7 Å². The number of piperazine rings is 1. The van der Waals surface area contributed by atoms with Crippen LogP contribution in [0, 0.1) is 0 Å². The molecule has 0 saturated carbocycles. The van der Waals surface area contributed by atoms with Gasteiger partial charge in [-0.2, -0.15) is 4.31 Å². The van der Waals surface area contributed by atoms with Crippen LogP contribution < -0.4 is 5.32 Å². The number of benzene rings is 1. The molecule has 0 radical (unpaired) electrons. The van der Waals surface area contributed by atoms with Gasteiger partial charge in [0.1, 0.15) is 12.0 Å². The van der Waals surface area contributed by atoms with Crippen LogP contribution >= 0.6 is 0 Å². The number of hydrogen-bond acceptors (Lipinski definition) is 6. The predicted molar refractivity (Wildman–Crippen MR) is 116 cm³/mol. The van der Waals surface area contributed by atoms with Gasteiger partial charge in [-0.05, 0) is 11.6 Å². The van der Waals surface area contributed by atoms with E-state index in [2.05, 4.69) is 31.4 Å². The molecule has 1 aliphatic rings. The van der Waals surface area contributed by atoms with Crippen LogP contribution in [0.1, 0.15) is 11.3 Å². The normalized spacial score (nSPS) is 15.9. The van der Waals surface area contributed by atoms with E-state index >= 15 is 0 Å². The molecule has 0 bridgehead atoms. The van der Waals surface area contributed by atoms with Gasteiger partial charge in [-0.25, -0.2) is 13.4 Å². The number of hydrogen-bond donors (Lipinski definition) is 1. The Morgan fingerprint density at radius 2 is 2.00 bits per heavy atom. The van der Waals surface area contributed by atoms with E-state index in [4.69, 9.17) is 4.52 Å².